The number of nitrogens with zero attached hydrogens (tertiary/aromatic N) is 1. The van der Waals surface area contributed by atoms with Crippen molar-refractivity contribution in [1.82, 2.24) is 10.3 Å². The normalized spacial score (nSPS) is 21.9. The van der Waals surface area contributed by atoms with Crippen molar-refractivity contribution in [3.63, 3.8) is 0 Å². The Morgan fingerprint density at radius 1 is 1.30 bits per heavy atom. The molecule has 1 unspecified atom stereocenters. The van der Waals surface area contributed by atoms with Crippen LogP contribution in [0.1, 0.15) is 18.5 Å². The van der Waals surface area contributed by atoms with Crippen molar-refractivity contribution in [3.05, 3.63) is 47.2 Å². The molecule has 2 aliphatic heterocycles. The van der Waals surface area contributed by atoms with E-state index in [0.717, 1.165) is 48.4 Å². The van der Waals surface area contributed by atoms with E-state index in [1.54, 1.807) is 6.20 Å². The molecule has 0 saturated carbocycles. The highest BCUT2D eigenvalue weighted by Crippen LogP contribution is 2.30. The van der Waals surface area contributed by atoms with Crippen LogP contribution in [0.4, 0.5) is 5.69 Å². The molecule has 0 spiro atoms. The number of hydrogen-bond donors (Lipinski definition) is 2. The van der Waals surface area contributed by atoms with Crippen LogP contribution in [0, 0.1) is 5.92 Å². The van der Waals surface area contributed by atoms with Gasteiger partial charge in [-0.15, -0.1) is 0 Å². The summed E-state index contributed by atoms with van der Waals surface area (Å²) in [5.74, 6) is 0.325. The van der Waals surface area contributed by atoms with E-state index in [-0.39, 0.29) is 17.8 Å². The van der Waals surface area contributed by atoms with Gasteiger partial charge < -0.3 is 20.1 Å². The maximum absolute atomic E-state index is 12.6. The molecule has 4 rings (SSSR count). The minimum atomic E-state index is 0.0545. The SMILES string of the molecule is O=C(Cc1cc(-c2cccc(NCC3COCCO3)c2)c(Cl)cn1)[C@@H]1CCCNC1. The van der Waals surface area contributed by atoms with Crippen molar-refractivity contribution in [2.45, 2.75) is 25.4 Å². The predicted molar refractivity (Wildman–Crippen MR) is 118 cm³/mol. The van der Waals surface area contributed by atoms with Crippen LogP contribution in [0.3, 0.4) is 0 Å². The van der Waals surface area contributed by atoms with E-state index >= 15 is 0 Å². The summed E-state index contributed by atoms with van der Waals surface area (Å²) in [6.07, 6.45) is 4.04. The van der Waals surface area contributed by atoms with Crippen molar-refractivity contribution in [2.75, 3.05) is 44.8 Å². The Labute approximate surface area is 182 Å². The summed E-state index contributed by atoms with van der Waals surface area (Å²) < 4.78 is 11.1. The lowest BCUT2D eigenvalue weighted by atomic mass is 9.92. The fraction of sp³-hybridized carbons (Fsp3) is 0.478. The molecule has 2 saturated heterocycles. The first-order valence-corrected chi connectivity index (χ1v) is 11.0. The Balaban J connectivity index is 1.45. The molecule has 3 heterocycles. The molecule has 0 aliphatic carbocycles. The van der Waals surface area contributed by atoms with Gasteiger partial charge in [0.2, 0.25) is 0 Å². The van der Waals surface area contributed by atoms with Crippen LogP contribution in [-0.4, -0.2) is 56.3 Å². The molecule has 1 aromatic carbocycles. The number of nitrogens with one attached hydrogen (secondary N) is 2. The molecule has 6 nitrogen and oxygen atoms in total. The Hall–Kier alpha value is -1.99. The van der Waals surface area contributed by atoms with Gasteiger partial charge >= 0.3 is 0 Å². The van der Waals surface area contributed by atoms with Crippen LogP contribution < -0.4 is 10.6 Å². The summed E-state index contributed by atoms with van der Waals surface area (Å²) >= 11 is 6.45. The molecule has 2 aliphatic rings. The van der Waals surface area contributed by atoms with E-state index in [1.807, 2.05) is 24.3 Å². The smallest absolute Gasteiger partial charge is 0.143 e. The number of halogens is 1. The van der Waals surface area contributed by atoms with Crippen LogP contribution in [-0.2, 0) is 20.7 Å². The molecule has 2 aromatic rings. The van der Waals surface area contributed by atoms with Crippen LogP contribution in [0.25, 0.3) is 11.1 Å². The lowest BCUT2D eigenvalue weighted by Crippen LogP contribution is -2.35. The molecule has 160 valence electrons. The van der Waals surface area contributed by atoms with E-state index in [0.29, 0.717) is 37.8 Å². The third-order valence-corrected chi connectivity index (χ3v) is 5.91. The predicted octanol–water partition coefficient (Wildman–Crippen LogP) is 3.34. The number of benzene rings is 1. The number of pyridine rings is 1. The molecular weight excluding hydrogens is 402 g/mol. The van der Waals surface area contributed by atoms with Crippen molar-refractivity contribution >= 4 is 23.1 Å². The highest BCUT2D eigenvalue weighted by Gasteiger charge is 2.21. The average Bonchev–Trinajstić information content (AvgIpc) is 2.80. The van der Waals surface area contributed by atoms with Gasteiger partial charge in [-0.05, 0) is 43.1 Å². The zero-order chi connectivity index (χ0) is 20.8. The highest BCUT2D eigenvalue weighted by molar-refractivity contribution is 6.33. The first-order chi connectivity index (χ1) is 14.7. The summed E-state index contributed by atoms with van der Waals surface area (Å²) in [7, 11) is 0. The number of ketones is 1. The van der Waals surface area contributed by atoms with E-state index in [9.17, 15) is 4.79 Å². The Morgan fingerprint density at radius 3 is 3.03 bits per heavy atom. The molecule has 0 bridgehead atoms. The number of rotatable bonds is 7. The zero-order valence-corrected chi connectivity index (χ0v) is 17.8. The van der Waals surface area contributed by atoms with Gasteiger partial charge in [-0.25, -0.2) is 0 Å². The number of carbonyl (C=O) groups excluding carboxylic acids is 1. The standard InChI is InChI=1S/C23H28ClN3O3/c24-22-14-27-19(11-23(28)17-4-2-6-25-12-17)10-21(22)16-3-1-5-18(9-16)26-13-20-15-29-7-8-30-20/h1,3,5,9-10,14,17,20,25-26H,2,4,6-8,11-13,15H2/t17-,20?/m1/s1. The first-order valence-electron chi connectivity index (χ1n) is 10.6. The summed E-state index contributed by atoms with van der Waals surface area (Å²) in [4.78, 5) is 17.0. The lowest BCUT2D eigenvalue weighted by molar-refractivity contribution is -0.122. The van der Waals surface area contributed by atoms with Crippen molar-refractivity contribution in [1.29, 1.82) is 0 Å². The van der Waals surface area contributed by atoms with E-state index < -0.39 is 0 Å². The lowest BCUT2D eigenvalue weighted by Gasteiger charge is -2.23. The molecule has 30 heavy (non-hydrogen) atoms. The molecule has 0 amide bonds. The maximum atomic E-state index is 12.6. The van der Waals surface area contributed by atoms with Crippen LogP contribution >= 0.6 is 11.6 Å². The van der Waals surface area contributed by atoms with E-state index in [4.69, 9.17) is 21.1 Å². The van der Waals surface area contributed by atoms with Gasteiger partial charge in [0, 0.05) is 48.6 Å². The Bertz CT molecular complexity index is 865. The second-order valence-electron chi connectivity index (χ2n) is 7.87. The monoisotopic (exact) mass is 429 g/mol. The third-order valence-electron chi connectivity index (χ3n) is 5.61. The highest BCUT2D eigenvalue weighted by atomic mass is 35.5. The summed E-state index contributed by atoms with van der Waals surface area (Å²) in [5.41, 5.74) is 3.62. The minimum Gasteiger partial charge on any atom is -0.382 e. The zero-order valence-electron chi connectivity index (χ0n) is 17.0. The van der Waals surface area contributed by atoms with Crippen LogP contribution in [0.15, 0.2) is 36.5 Å². The van der Waals surface area contributed by atoms with Crippen LogP contribution in [0.5, 0.6) is 0 Å². The summed E-state index contributed by atoms with van der Waals surface area (Å²) in [6, 6.07) is 10.0. The van der Waals surface area contributed by atoms with Gasteiger partial charge in [-0.1, -0.05) is 23.7 Å². The maximum Gasteiger partial charge on any atom is 0.143 e. The van der Waals surface area contributed by atoms with Gasteiger partial charge in [-0.3, -0.25) is 9.78 Å². The first kappa shape index (κ1) is 21.2. The third kappa shape index (κ3) is 5.58. The molecule has 1 aromatic heterocycles. The molecule has 0 radical (unpaired) electrons. The molecule has 7 heteroatoms. The molecule has 2 N–H and O–H groups in total. The minimum absolute atomic E-state index is 0.0545. The second-order valence-corrected chi connectivity index (χ2v) is 8.28. The van der Waals surface area contributed by atoms with Gasteiger partial charge in [-0.2, -0.15) is 0 Å². The van der Waals surface area contributed by atoms with Gasteiger partial charge in [0.1, 0.15) is 5.78 Å². The number of ether oxygens (including phenoxy) is 2. The second kappa shape index (κ2) is 10.4. The van der Waals surface area contributed by atoms with Crippen molar-refractivity contribution in [3.8, 4) is 11.1 Å². The Kier molecular flexibility index (Phi) is 7.33. The van der Waals surface area contributed by atoms with Gasteiger partial charge in [0.05, 0.1) is 30.9 Å². The molecule has 2 atom stereocenters. The number of anilines is 1. The number of hydrogen-bond acceptors (Lipinski definition) is 6. The van der Waals surface area contributed by atoms with Crippen LogP contribution in [0.2, 0.25) is 5.02 Å². The van der Waals surface area contributed by atoms with Gasteiger partial charge in [0.25, 0.3) is 0 Å². The fourth-order valence-corrected chi connectivity index (χ4v) is 4.14. The van der Waals surface area contributed by atoms with Gasteiger partial charge in [0.15, 0.2) is 0 Å². The number of piperidine rings is 1. The average molecular weight is 430 g/mol. The summed E-state index contributed by atoms with van der Waals surface area (Å²) in [5, 5.41) is 7.29. The van der Waals surface area contributed by atoms with Crippen molar-refractivity contribution < 1.29 is 14.3 Å². The van der Waals surface area contributed by atoms with E-state index in [1.165, 1.54) is 0 Å². The quantitative estimate of drug-likeness (QED) is 0.703. The summed E-state index contributed by atoms with van der Waals surface area (Å²) in [6.45, 7) is 4.35. The largest absolute Gasteiger partial charge is 0.382 e. The van der Waals surface area contributed by atoms with E-state index in [2.05, 4.69) is 21.7 Å². The molecular formula is C23H28ClN3O3. The Morgan fingerprint density at radius 2 is 2.23 bits per heavy atom. The number of carbonyl (C=O) groups is 1. The van der Waals surface area contributed by atoms with Crippen molar-refractivity contribution in [2.24, 2.45) is 5.92 Å². The number of aromatic nitrogens is 1. The molecule has 2 fully saturated rings. The topological polar surface area (TPSA) is 72.5 Å². The fourth-order valence-electron chi connectivity index (χ4n) is 3.93. The number of Topliss-reactive ketones (excluding diaryl/α,β-unsaturated/α-hetero) is 1.